The first-order valence-electron chi connectivity index (χ1n) is 5.38. The molecule has 88 valence electrons. The fourth-order valence-electron chi connectivity index (χ4n) is 1.77. The maximum atomic E-state index is 10.2. The maximum absolute atomic E-state index is 10.2. The summed E-state index contributed by atoms with van der Waals surface area (Å²) in [6.07, 6.45) is -0.741. The van der Waals surface area contributed by atoms with E-state index in [2.05, 4.69) is 0 Å². The van der Waals surface area contributed by atoms with Crippen LogP contribution in [0.25, 0.3) is 0 Å². The number of anilines is 1. The smallest absolute Gasteiger partial charge is 0.106 e. The quantitative estimate of drug-likeness (QED) is 0.800. The maximum Gasteiger partial charge on any atom is 0.106 e. The van der Waals surface area contributed by atoms with E-state index in [0.29, 0.717) is 16.3 Å². The zero-order valence-corrected chi connectivity index (χ0v) is 10.3. The van der Waals surface area contributed by atoms with E-state index in [1.807, 2.05) is 37.3 Å². The van der Waals surface area contributed by atoms with Gasteiger partial charge < -0.3 is 10.8 Å². The lowest BCUT2D eigenvalue weighted by Crippen LogP contribution is -2.04. The van der Waals surface area contributed by atoms with Gasteiger partial charge in [0.25, 0.3) is 0 Å². The van der Waals surface area contributed by atoms with E-state index < -0.39 is 6.10 Å². The second-order valence-electron chi connectivity index (χ2n) is 4.04. The summed E-state index contributed by atoms with van der Waals surface area (Å²) >= 11 is 6.05. The van der Waals surface area contributed by atoms with E-state index in [1.165, 1.54) is 0 Å². The van der Waals surface area contributed by atoms with Gasteiger partial charge in [-0.2, -0.15) is 0 Å². The molecule has 0 amide bonds. The van der Waals surface area contributed by atoms with Gasteiger partial charge in [0.2, 0.25) is 0 Å². The van der Waals surface area contributed by atoms with Crippen molar-refractivity contribution in [3.05, 3.63) is 64.2 Å². The third-order valence-corrected chi connectivity index (χ3v) is 3.18. The summed E-state index contributed by atoms with van der Waals surface area (Å²) in [4.78, 5) is 0. The Bertz CT molecular complexity index is 525. The van der Waals surface area contributed by atoms with Crippen molar-refractivity contribution < 1.29 is 5.11 Å². The van der Waals surface area contributed by atoms with Gasteiger partial charge in [0, 0.05) is 16.3 Å². The second-order valence-corrected chi connectivity index (χ2v) is 4.45. The van der Waals surface area contributed by atoms with E-state index in [9.17, 15) is 5.11 Å². The molecule has 0 radical (unpaired) electrons. The van der Waals surface area contributed by atoms with Gasteiger partial charge in [0.05, 0.1) is 0 Å². The predicted octanol–water partition coefficient (Wildman–Crippen LogP) is 3.31. The predicted molar refractivity (Wildman–Crippen MR) is 71.1 cm³/mol. The zero-order valence-electron chi connectivity index (χ0n) is 9.52. The van der Waals surface area contributed by atoms with Gasteiger partial charge in [-0.25, -0.2) is 0 Å². The molecule has 17 heavy (non-hydrogen) atoms. The minimum atomic E-state index is -0.741. The van der Waals surface area contributed by atoms with Crippen LogP contribution < -0.4 is 5.73 Å². The van der Waals surface area contributed by atoms with Gasteiger partial charge in [-0.3, -0.25) is 0 Å². The van der Waals surface area contributed by atoms with Gasteiger partial charge in [0.1, 0.15) is 6.10 Å². The molecule has 3 heteroatoms. The summed E-state index contributed by atoms with van der Waals surface area (Å²) in [5.74, 6) is 0. The van der Waals surface area contributed by atoms with Crippen LogP contribution in [0.5, 0.6) is 0 Å². The molecule has 0 aliphatic carbocycles. The van der Waals surface area contributed by atoms with E-state index in [0.717, 1.165) is 11.1 Å². The van der Waals surface area contributed by atoms with Crippen LogP contribution in [-0.2, 0) is 0 Å². The number of nitrogens with two attached hydrogens (primary N) is 1. The van der Waals surface area contributed by atoms with Gasteiger partial charge in [-0.15, -0.1) is 0 Å². The van der Waals surface area contributed by atoms with Crippen LogP contribution in [0, 0.1) is 6.92 Å². The van der Waals surface area contributed by atoms with E-state index in [1.54, 1.807) is 12.1 Å². The highest BCUT2D eigenvalue weighted by molar-refractivity contribution is 6.31. The molecule has 0 aliphatic heterocycles. The average molecular weight is 248 g/mol. The summed E-state index contributed by atoms with van der Waals surface area (Å²) in [5, 5.41) is 10.9. The Morgan fingerprint density at radius 2 is 1.82 bits per heavy atom. The van der Waals surface area contributed by atoms with E-state index in [-0.39, 0.29) is 0 Å². The van der Waals surface area contributed by atoms with Crippen LogP contribution in [0.4, 0.5) is 5.69 Å². The monoisotopic (exact) mass is 247 g/mol. The van der Waals surface area contributed by atoms with Crippen LogP contribution in [0.15, 0.2) is 42.5 Å². The summed E-state index contributed by atoms with van der Waals surface area (Å²) < 4.78 is 0. The first-order chi connectivity index (χ1) is 8.09. The number of hydrogen-bond acceptors (Lipinski definition) is 2. The topological polar surface area (TPSA) is 46.2 Å². The highest BCUT2D eigenvalue weighted by atomic mass is 35.5. The van der Waals surface area contributed by atoms with E-state index >= 15 is 0 Å². The van der Waals surface area contributed by atoms with Gasteiger partial charge in [-0.1, -0.05) is 41.9 Å². The Balaban J connectivity index is 2.44. The highest BCUT2D eigenvalue weighted by Crippen LogP contribution is 2.30. The van der Waals surface area contributed by atoms with Crippen molar-refractivity contribution >= 4 is 17.3 Å². The number of rotatable bonds is 2. The Kier molecular flexibility index (Phi) is 3.36. The van der Waals surface area contributed by atoms with Crippen molar-refractivity contribution in [2.45, 2.75) is 13.0 Å². The van der Waals surface area contributed by atoms with Gasteiger partial charge in [0.15, 0.2) is 0 Å². The van der Waals surface area contributed by atoms with Crippen LogP contribution in [0.2, 0.25) is 5.02 Å². The Morgan fingerprint density at radius 3 is 2.47 bits per heavy atom. The van der Waals surface area contributed by atoms with E-state index in [4.69, 9.17) is 17.3 Å². The summed E-state index contributed by atoms with van der Waals surface area (Å²) in [6.45, 7) is 1.89. The minimum Gasteiger partial charge on any atom is -0.398 e. The first-order valence-corrected chi connectivity index (χ1v) is 5.76. The van der Waals surface area contributed by atoms with Crippen LogP contribution in [0.3, 0.4) is 0 Å². The number of benzene rings is 2. The lowest BCUT2D eigenvalue weighted by molar-refractivity contribution is 0.221. The standard InChI is InChI=1S/C14H14ClNO/c1-9-7-13(16)11(8-12(9)15)14(17)10-5-3-2-4-6-10/h2-8,14,17H,16H2,1H3. The fraction of sp³-hybridized carbons (Fsp3) is 0.143. The van der Waals surface area contributed by atoms with Crippen molar-refractivity contribution in [3.8, 4) is 0 Å². The Morgan fingerprint density at radius 1 is 1.18 bits per heavy atom. The number of hydrogen-bond donors (Lipinski definition) is 2. The lowest BCUT2D eigenvalue weighted by atomic mass is 9.99. The average Bonchev–Trinajstić information content (AvgIpc) is 2.34. The highest BCUT2D eigenvalue weighted by Gasteiger charge is 2.14. The zero-order chi connectivity index (χ0) is 12.4. The molecule has 0 aromatic heterocycles. The largest absolute Gasteiger partial charge is 0.398 e. The molecule has 0 fully saturated rings. The molecule has 0 saturated heterocycles. The van der Waals surface area contributed by atoms with Crippen LogP contribution >= 0.6 is 11.6 Å². The van der Waals surface area contributed by atoms with Gasteiger partial charge >= 0.3 is 0 Å². The SMILES string of the molecule is Cc1cc(N)c(C(O)c2ccccc2)cc1Cl. The number of nitrogen functional groups attached to an aromatic ring is 1. The molecule has 3 N–H and O–H groups in total. The summed E-state index contributed by atoms with van der Waals surface area (Å²) in [5.41, 5.74) is 8.83. The molecule has 1 atom stereocenters. The lowest BCUT2D eigenvalue weighted by Gasteiger charge is -2.15. The number of aliphatic hydroxyl groups excluding tert-OH is 1. The minimum absolute atomic E-state index is 0.559. The fourth-order valence-corrected chi connectivity index (χ4v) is 1.94. The normalized spacial score (nSPS) is 12.4. The molecule has 0 bridgehead atoms. The van der Waals surface area contributed by atoms with Crippen molar-refractivity contribution in [1.29, 1.82) is 0 Å². The van der Waals surface area contributed by atoms with Crippen molar-refractivity contribution in [1.82, 2.24) is 0 Å². The third kappa shape index (κ3) is 2.43. The molecule has 0 aliphatic rings. The van der Waals surface area contributed by atoms with Crippen LogP contribution in [-0.4, -0.2) is 5.11 Å². The molecule has 2 aromatic rings. The molecule has 0 spiro atoms. The summed E-state index contributed by atoms with van der Waals surface area (Å²) in [6, 6.07) is 12.9. The summed E-state index contributed by atoms with van der Waals surface area (Å²) in [7, 11) is 0. The van der Waals surface area contributed by atoms with Crippen molar-refractivity contribution in [2.75, 3.05) is 5.73 Å². The molecule has 2 nitrogen and oxygen atoms in total. The van der Waals surface area contributed by atoms with Crippen molar-refractivity contribution in [2.24, 2.45) is 0 Å². The molecule has 2 aromatic carbocycles. The third-order valence-electron chi connectivity index (χ3n) is 2.77. The Labute approximate surface area is 106 Å². The Hall–Kier alpha value is -1.51. The number of halogens is 1. The molecule has 0 heterocycles. The van der Waals surface area contributed by atoms with Crippen molar-refractivity contribution in [3.63, 3.8) is 0 Å². The van der Waals surface area contributed by atoms with Crippen LogP contribution in [0.1, 0.15) is 22.8 Å². The molecular formula is C14H14ClNO. The molecule has 1 unspecified atom stereocenters. The number of aryl methyl sites for hydroxylation is 1. The molecule has 2 rings (SSSR count). The van der Waals surface area contributed by atoms with Gasteiger partial charge in [-0.05, 0) is 30.2 Å². The second kappa shape index (κ2) is 4.78. The first kappa shape index (κ1) is 12.0. The molecule has 0 saturated carbocycles. The molecular weight excluding hydrogens is 234 g/mol. The number of aliphatic hydroxyl groups is 1.